The van der Waals surface area contributed by atoms with Crippen molar-refractivity contribution in [3.05, 3.63) is 35.4 Å². The molecule has 1 aromatic carbocycles. The molecule has 1 heterocycles. The number of carbonyl (C=O) groups excluding carboxylic acids is 1. The SMILES string of the molecule is Cc1ccccc1CCC(=O)N1CCC(Cl)CC1. The van der Waals surface area contributed by atoms with Gasteiger partial charge in [0, 0.05) is 24.9 Å². The summed E-state index contributed by atoms with van der Waals surface area (Å²) >= 11 is 6.04. The van der Waals surface area contributed by atoms with Crippen LogP contribution in [-0.2, 0) is 11.2 Å². The third kappa shape index (κ3) is 3.49. The Morgan fingerprint density at radius 1 is 1.33 bits per heavy atom. The minimum atomic E-state index is 0.255. The van der Waals surface area contributed by atoms with E-state index in [1.165, 1.54) is 11.1 Å². The van der Waals surface area contributed by atoms with Gasteiger partial charge in [-0.05, 0) is 37.3 Å². The molecule has 0 spiro atoms. The molecule has 0 unspecified atom stereocenters. The van der Waals surface area contributed by atoms with Gasteiger partial charge in [-0.2, -0.15) is 0 Å². The number of halogens is 1. The van der Waals surface area contributed by atoms with Crippen LogP contribution >= 0.6 is 11.6 Å². The second-order valence-electron chi connectivity index (χ2n) is 4.98. The maximum Gasteiger partial charge on any atom is 0.222 e. The molecule has 98 valence electrons. The predicted octanol–water partition coefficient (Wildman–Crippen LogP) is 3.16. The summed E-state index contributed by atoms with van der Waals surface area (Å²) < 4.78 is 0. The van der Waals surface area contributed by atoms with Gasteiger partial charge < -0.3 is 4.90 Å². The average Bonchev–Trinajstić information content (AvgIpc) is 2.38. The van der Waals surface area contributed by atoms with Crippen LogP contribution in [0.1, 0.15) is 30.4 Å². The second kappa shape index (κ2) is 6.24. The van der Waals surface area contributed by atoms with Crippen molar-refractivity contribution in [2.45, 2.75) is 38.0 Å². The molecule has 1 fully saturated rings. The van der Waals surface area contributed by atoms with Crippen molar-refractivity contribution >= 4 is 17.5 Å². The summed E-state index contributed by atoms with van der Waals surface area (Å²) in [4.78, 5) is 14.0. The molecule has 18 heavy (non-hydrogen) atoms. The van der Waals surface area contributed by atoms with E-state index in [0.717, 1.165) is 32.4 Å². The fraction of sp³-hybridized carbons (Fsp3) is 0.533. The Morgan fingerprint density at radius 2 is 2.00 bits per heavy atom. The highest BCUT2D eigenvalue weighted by Gasteiger charge is 2.20. The van der Waals surface area contributed by atoms with Crippen LogP contribution in [0.15, 0.2) is 24.3 Å². The van der Waals surface area contributed by atoms with E-state index < -0.39 is 0 Å². The Morgan fingerprint density at radius 3 is 2.67 bits per heavy atom. The molecule has 0 bridgehead atoms. The van der Waals surface area contributed by atoms with E-state index in [4.69, 9.17) is 11.6 Å². The maximum atomic E-state index is 12.1. The van der Waals surface area contributed by atoms with Crippen LogP contribution in [0.25, 0.3) is 0 Å². The van der Waals surface area contributed by atoms with Crippen LogP contribution in [-0.4, -0.2) is 29.3 Å². The highest BCUT2D eigenvalue weighted by atomic mass is 35.5. The topological polar surface area (TPSA) is 20.3 Å². The lowest BCUT2D eigenvalue weighted by atomic mass is 10.0. The fourth-order valence-corrected chi connectivity index (χ4v) is 2.58. The minimum Gasteiger partial charge on any atom is -0.343 e. The molecular formula is C15H20ClNO. The smallest absolute Gasteiger partial charge is 0.222 e. The highest BCUT2D eigenvalue weighted by Crippen LogP contribution is 2.17. The number of carbonyl (C=O) groups is 1. The van der Waals surface area contributed by atoms with Crippen LogP contribution in [0, 0.1) is 6.92 Å². The molecule has 1 aromatic rings. The summed E-state index contributed by atoms with van der Waals surface area (Å²) in [6, 6.07) is 8.27. The molecular weight excluding hydrogens is 246 g/mol. The Balaban J connectivity index is 1.83. The van der Waals surface area contributed by atoms with Crippen molar-refractivity contribution in [1.29, 1.82) is 0 Å². The van der Waals surface area contributed by atoms with E-state index in [0.29, 0.717) is 6.42 Å². The van der Waals surface area contributed by atoms with Gasteiger partial charge in [0.1, 0.15) is 0 Å². The van der Waals surface area contributed by atoms with Crippen molar-refractivity contribution in [1.82, 2.24) is 4.90 Å². The lowest BCUT2D eigenvalue weighted by Crippen LogP contribution is -2.38. The van der Waals surface area contributed by atoms with Gasteiger partial charge in [-0.15, -0.1) is 11.6 Å². The van der Waals surface area contributed by atoms with Gasteiger partial charge in [0.05, 0.1) is 0 Å². The van der Waals surface area contributed by atoms with E-state index in [9.17, 15) is 4.79 Å². The molecule has 2 rings (SSSR count). The number of piperidine rings is 1. The van der Waals surface area contributed by atoms with E-state index in [1.54, 1.807) is 0 Å². The third-order valence-electron chi connectivity index (χ3n) is 3.65. The summed E-state index contributed by atoms with van der Waals surface area (Å²) in [5, 5.41) is 0.255. The maximum absolute atomic E-state index is 12.1. The highest BCUT2D eigenvalue weighted by molar-refractivity contribution is 6.20. The Hall–Kier alpha value is -1.02. The molecule has 0 saturated carbocycles. The molecule has 0 radical (unpaired) electrons. The standard InChI is InChI=1S/C15H20ClNO/c1-12-4-2-3-5-13(12)6-7-15(18)17-10-8-14(16)9-11-17/h2-5,14H,6-11H2,1H3. The number of aryl methyl sites for hydroxylation is 2. The number of likely N-dealkylation sites (tertiary alicyclic amines) is 1. The molecule has 0 aromatic heterocycles. The van der Waals surface area contributed by atoms with Crippen LogP contribution in [0.2, 0.25) is 0 Å². The van der Waals surface area contributed by atoms with E-state index in [1.807, 2.05) is 17.0 Å². The molecule has 1 amide bonds. The van der Waals surface area contributed by atoms with Crippen molar-refractivity contribution in [2.24, 2.45) is 0 Å². The number of alkyl halides is 1. The van der Waals surface area contributed by atoms with Gasteiger partial charge in [0.2, 0.25) is 5.91 Å². The predicted molar refractivity (Wildman–Crippen MR) is 75.0 cm³/mol. The zero-order valence-corrected chi connectivity index (χ0v) is 11.6. The minimum absolute atomic E-state index is 0.255. The first-order valence-corrected chi connectivity index (χ1v) is 7.07. The van der Waals surface area contributed by atoms with Crippen molar-refractivity contribution in [3.63, 3.8) is 0 Å². The van der Waals surface area contributed by atoms with Gasteiger partial charge >= 0.3 is 0 Å². The summed E-state index contributed by atoms with van der Waals surface area (Å²) in [6.45, 7) is 3.74. The molecule has 2 nitrogen and oxygen atoms in total. The lowest BCUT2D eigenvalue weighted by Gasteiger charge is -2.29. The van der Waals surface area contributed by atoms with Crippen molar-refractivity contribution < 1.29 is 4.79 Å². The number of benzene rings is 1. The summed E-state index contributed by atoms with van der Waals surface area (Å²) in [6.07, 6.45) is 3.30. The van der Waals surface area contributed by atoms with Crippen LogP contribution in [0.3, 0.4) is 0 Å². The second-order valence-corrected chi connectivity index (χ2v) is 5.60. The summed E-state index contributed by atoms with van der Waals surface area (Å²) in [5.74, 6) is 0.266. The summed E-state index contributed by atoms with van der Waals surface area (Å²) in [7, 11) is 0. The quantitative estimate of drug-likeness (QED) is 0.769. The first-order chi connectivity index (χ1) is 8.66. The first kappa shape index (κ1) is 13.4. The molecule has 1 saturated heterocycles. The zero-order valence-electron chi connectivity index (χ0n) is 10.9. The van der Waals surface area contributed by atoms with E-state index >= 15 is 0 Å². The Labute approximate surface area is 114 Å². The lowest BCUT2D eigenvalue weighted by molar-refractivity contribution is -0.131. The number of amides is 1. The van der Waals surface area contributed by atoms with Crippen LogP contribution in [0.4, 0.5) is 0 Å². The van der Waals surface area contributed by atoms with Gasteiger partial charge in [0.25, 0.3) is 0 Å². The zero-order chi connectivity index (χ0) is 13.0. The molecule has 1 aliphatic heterocycles. The Kier molecular flexibility index (Phi) is 4.65. The van der Waals surface area contributed by atoms with Gasteiger partial charge in [-0.25, -0.2) is 0 Å². The van der Waals surface area contributed by atoms with E-state index in [2.05, 4.69) is 19.1 Å². The number of nitrogens with zero attached hydrogens (tertiary/aromatic N) is 1. The molecule has 0 atom stereocenters. The van der Waals surface area contributed by atoms with Crippen molar-refractivity contribution in [3.8, 4) is 0 Å². The first-order valence-electron chi connectivity index (χ1n) is 6.63. The molecule has 0 aliphatic carbocycles. The number of hydrogen-bond donors (Lipinski definition) is 0. The van der Waals surface area contributed by atoms with Gasteiger partial charge in [-0.3, -0.25) is 4.79 Å². The monoisotopic (exact) mass is 265 g/mol. The summed E-state index contributed by atoms with van der Waals surface area (Å²) in [5.41, 5.74) is 2.54. The van der Waals surface area contributed by atoms with Crippen LogP contribution in [0.5, 0.6) is 0 Å². The average molecular weight is 266 g/mol. The van der Waals surface area contributed by atoms with Gasteiger partial charge in [0.15, 0.2) is 0 Å². The number of rotatable bonds is 3. The Bertz CT molecular complexity index is 411. The largest absolute Gasteiger partial charge is 0.343 e. The molecule has 3 heteroatoms. The third-order valence-corrected chi connectivity index (χ3v) is 4.08. The number of hydrogen-bond acceptors (Lipinski definition) is 1. The van der Waals surface area contributed by atoms with Gasteiger partial charge in [-0.1, -0.05) is 24.3 Å². The van der Waals surface area contributed by atoms with Crippen molar-refractivity contribution in [2.75, 3.05) is 13.1 Å². The van der Waals surface area contributed by atoms with Crippen LogP contribution < -0.4 is 0 Å². The molecule has 1 aliphatic rings. The van der Waals surface area contributed by atoms with E-state index in [-0.39, 0.29) is 11.3 Å². The normalized spacial score (nSPS) is 16.9. The molecule has 0 N–H and O–H groups in total. The fourth-order valence-electron chi connectivity index (χ4n) is 2.39.